The zero-order chi connectivity index (χ0) is 11.1. The van der Waals surface area contributed by atoms with Gasteiger partial charge in [0.2, 0.25) is 0 Å². The fourth-order valence-corrected chi connectivity index (χ4v) is 1.07. The number of hydrogen-bond acceptors (Lipinski definition) is 4. The smallest absolute Gasteiger partial charge is 0.152 e. The number of aromatic nitrogens is 4. The molecule has 1 aromatic carbocycles. The molecule has 1 heterocycles. The molecule has 0 saturated carbocycles. The molecule has 0 atom stereocenters. The van der Waals surface area contributed by atoms with Crippen molar-refractivity contribution in [1.82, 2.24) is 20.2 Å². The van der Waals surface area contributed by atoms with Gasteiger partial charge in [-0.3, -0.25) is 4.79 Å². The van der Waals surface area contributed by atoms with Crippen molar-refractivity contribution >= 4 is 6.29 Å². The largest absolute Gasteiger partial charge is 0.298 e. The summed E-state index contributed by atoms with van der Waals surface area (Å²) in [5, 5.41) is 10.7. The topological polar surface area (TPSA) is 60.7 Å². The minimum atomic E-state index is 0.565. The van der Waals surface area contributed by atoms with E-state index in [0.717, 1.165) is 6.29 Å². The summed E-state index contributed by atoms with van der Waals surface area (Å²) in [4.78, 5) is 10.6. The molecule has 2 aromatic rings. The lowest BCUT2D eigenvalue weighted by Crippen LogP contribution is -1.99. The first-order chi connectivity index (χ1) is 7.42. The maximum atomic E-state index is 10.6. The van der Waals surface area contributed by atoms with E-state index in [4.69, 9.17) is 0 Å². The van der Waals surface area contributed by atoms with Crippen LogP contribution < -0.4 is 0 Å². The summed E-state index contributed by atoms with van der Waals surface area (Å²) in [5.74, 6) is 0. The number of hydrogen-bond donors (Lipinski definition) is 0. The predicted octanol–water partition coefficient (Wildman–Crippen LogP) is 1.50. The third-order valence-corrected chi connectivity index (χ3v) is 1.66. The molecule has 15 heavy (non-hydrogen) atoms. The lowest BCUT2D eigenvalue weighted by Gasteiger charge is -2.00. The average molecular weight is 204 g/mol. The average Bonchev–Trinajstić information content (AvgIpc) is 2.85. The number of nitrogens with zero attached hydrogens (tertiary/aromatic N) is 4. The van der Waals surface area contributed by atoms with Crippen LogP contribution in [0.25, 0.3) is 5.69 Å². The van der Waals surface area contributed by atoms with Gasteiger partial charge in [0.15, 0.2) is 6.29 Å². The molecule has 5 heteroatoms. The van der Waals surface area contributed by atoms with E-state index >= 15 is 0 Å². The number of carbonyl (C=O) groups excluding carboxylic acids is 1. The highest BCUT2D eigenvalue weighted by molar-refractivity contribution is 5.80. The lowest BCUT2D eigenvalue weighted by atomic mass is 10.2. The van der Waals surface area contributed by atoms with Gasteiger partial charge in [-0.25, -0.2) is 0 Å². The number of aldehydes is 1. The lowest BCUT2D eigenvalue weighted by molar-refractivity contribution is 0.112. The molecule has 0 aliphatic rings. The van der Waals surface area contributed by atoms with Crippen molar-refractivity contribution in [2.24, 2.45) is 0 Å². The van der Waals surface area contributed by atoms with Crippen LogP contribution in [0.3, 0.4) is 0 Å². The van der Waals surface area contributed by atoms with Crippen molar-refractivity contribution in [2.75, 3.05) is 0 Å². The molecule has 0 spiro atoms. The first kappa shape index (κ1) is 11.0. The second-order valence-electron chi connectivity index (χ2n) is 2.43. The predicted molar refractivity (Wildman–Crippen MR) is 55.9 cm³/mol. The fraction of sp³-hybridized carbons (Fsp3) is 0.200. The van der Waals surface area contributed by atoms with Crippen molar-refractivity contribution in [1.29, 1.82) is 0 Å². The normalized spacial score (nSPS) is 8.93. The molecular weight excluding hydrogens is 192 g/mol. The summed E-state index contributed by atoms with van der Waals surface area (Å²) in [5.41, 5.74) is 1.25. The molecule has 0 aliphatic heterocycles. The number of benzene rings is 1. The molecule has 0 amide bonds. The molecule has 0 N–H and O–H groups in total. The van der Waals surface area contributed by atoms with Crippen LogP contribution in [0.15, 0.2) is 30.6 Å². The molecule has 0 aliphatic carbocycles. The van der Waals surface area contributed by atoms with Gasteiger partial charge in [0.1, 0.15) is 6.33 Å². The van der Waals surface area contributed by atoms with E-state index in [9.17, 15) is 4.79 Å². The first-order valence-corrected chi connectivity index (χ1v) is 4.69. The molecule has 0 unspecified atom stereocenters. The molecular formula is C10H12N4O. The van der Waals surface area contributed by atoms with Crippen molar-refractivity contribution in [2.45, 2.75) is 13.8 Å². The maximum absolute atomic E-state index is 10.6. The quantitative estimate of drug-likeness (QED) is 0.695. The number of tetrazole rings is 1. The Bertz CT molecular complexity index is 411. The van der Waals surface area contributed by atoms with Crippen molar-refractivity contribution in [3.8, 4) is 5.69 Å². The molecule has 0 saturated heterocycles. The Labute approximate surface area is 87.7 Å². The molecule has 2 rings (SSSR count). The fourth-order valence-electron chi connectivity index (χ4n) is 1.07. The van der Waals surface area contributed by atoms with Gasteiger partial charge < -0.3 is 0 Å². The first-order valence-electron chi connectivity index (χ1n) is 4.69. The Morgan fingerprint density at radius 2 is 2.00 bits per heavy atom. The van der Waals surface area contributed by atoms with Crippen molar-refractivity contribution < 1.29 is 4.79 Å². The zero-order valence-corrected chi connectivity index (χ0v) is 8.66. The monoisotopic (exact) mass is 204 g/mol. The van der Waals surface area contributed by atoms with Gasteiger partial charge in [-0.1, -0.05) is 26.0 Å². The minimum Gasteiger partial charge on any atom is -0.298 e. The van der Waals surface area contributed by atoms with Gasteiger partial charge in [0.25, 0.3) is 0 Å². The van der Waals surface area contributed by atoms with Crippen molar-refractivity contribution in [3.05, 3.63) is 36.2 Å². The minimum absolute atomic E-state index is 0.565. The summed E-state index contributed by atoms with van der Waals surface area (Å²) in [6.45, 7) is 4.00. The van der Waals surface area contributed by atoms with Gasteiger partial charge >= 0.3 is 0 Å². The van der Waals surface area contributed by atoms with Crippen LogP contribution in [0.2, 0.25) is 0 Å². The number of rotatable bonds is 2. The molecule has 78 valence electrons. The highest BCUT2D eigenvalue weighted by Gasteiger charge is 2.02. The third-order valence-electron chi connectivity index (χ3n) is 1.66. The Morgan fingerprint density at radius 3 is 2.60 bits per heavy atom. The van der Waals surface area contributed by atoms with Gasteiger partial charge in [0, 0.05) is 5.56 Å². The molecule has 5 nitrogen and oxygen atoms in total. The van der Waals surface area contributed by atoms with Gasteiger partial charge in [-0.15, -0.1) is 5.10 Å². The molecule has 0 radical (unpaired) electrons. The van der Waals surface area contributed by atoms with Crippen LogP contribution in [-0.4, -0.2) is 26.5 Å². The van der Waals surface area contributed by atoms with E-state index in [0.29, 0.717) is 11.3 Å². The Kier molecular flexibility index (Phi) is 4.15. The van der Waals surface area contributed by atoms with Crippen LogP contribution in [0.1, 0.15) is 24.2 Å². The standard InChI is InChI=1S/C8H6N4O.C2H6/c13-5-7-3-1-2-4-8(7)12-6-9-10-11-12;1-2/h1-6H;1-2H3. The van der Waals surface area contributed by atoms with Gasteiger partial charge in [0.05, 0.1) is 5.69 Å². The van der Waals surface area contributed by atoms with E-state index in [1.54, 1.807) is 18.2 Å². The Morgan fingerprint density at radius 1 is 1.27 bits per heavy atom. The van der Waals surface area contributed by atoms with Gasteiger partial charge in [-0.05, 0) is 22.6 Å². The van der Waals surface area contributed by atoms with E-state index in [1.165, 1.54) is 11.0 Å². The Hall–Kier alpha value is -2.04. The zero-order valence-electron chi connectivity index (χ0n) is 8.66. The highest BCUT2D eigenvalue weighted by Crippen LogP contribution is 2.09. The molecule has 1 aromatic heterocycles. The Balaban J connectivity index is 0.000000531. The van der Waals surface area contributed by atoms with E-state index in [2.05, 4.69) is 15.5 Å². The summed E-state index contributed by atoms with van der Waals surface area (Å²) < 4.78 is 1.45. The van der Waals surface area contributed by atoms with E-state index in [-0.39, 0.29) is 0 Å². The molecule has 0 bridgehead atoms. The van der Waals surface area contributed by atoms with Crippen LogP contribution in [0.4, 0.5) is 0 Å². The third kappa shape index (κ3) is 2.46. The van der Waals surface area contributed by atoms with Crippen LogP contribution in [0, 0.1) is 0 Å². The van der Waals surface area contributed by atoms with Gasteiger partial charge in [-0.2, -0.15) is 4.68 Å². The maximum Gasteiger partial charge on any atom is 0.152 e. The summed E-state index contributed by atoms with van der Waals surface area (Å²) in [7, 11) is 0. The van der Waals surface area contributed by atoms with Crippen LogP contribution >= 0.6 is 0 Å². The highest BCUT2D eigenvalue weighted by atomic mass is 16.1. The van der Waals surface area contributed by atoms with E-state index < -0.39 is 0 Å². The summed E-state index contributed by atoms with van der Waals surface area (Å²) in [6, 6.07) is 7.10. The second-order valence-corrected chi connectivity index (χ2v) is 2.43. The number of carbonyl (C=O) groups is 1. The van der Waals surface area contributed by atoms with Crippen LogP contribution in [-0.2, 0) is 0 Å². The van der Waals surface area contributed by atoms with Crippen LogP contribution in [0.5, 0.6) is 0 Å². The SMILES string of the molecule is CC.O=Cc1ccccc1-n1cnnn1. The second kappa shape index (κ2) is 5.64. The van der Waals surface area contributed by atoms with Crippen molar-refractivity contribution in [3.63, 3.8) is 0 Å². The van der Waals surface area contributed by atoms with E-state index in [1.807, 2.05) is 19.9 Å². The molecule has 0 fully saturated rings. The summed E-state index contributed by atoms with van der Waals surface area (Å²) in [6.07, 6.45) is 2.22. The summed E-state index contributed by atoms with van der Waals surface area (Å²) >= 11 is 0. The number of para-hydroxylation sites is 1.